The van der Waals surface area contributed by atoms with E-state index in [1.807, 2.05) is 0 Å². The minimum atomic E-state index is -0.340. The SMILES string of the molecule is c1ccc(C(CCc2ccc(N(c3ccccc3)c3ccccc3)cc2)c2ccc(-c3cccc4c3-c3ccccc3C43c4ccccc4-c4ccccc43)cc2)cc1. The highest BCUT2D eigenvalue weighted by Crippen LogP contribution is 2.63. The maximum absolute atomic E-state index is 2.38. The Labute approximate surface area is 347 Å². The number of para-hydroxylation sites is 2. The fourth-order valence-electron chi connectivity index (χ4n) is 10.2. The number of hydrogen-bond donors (Lipinski definition) is 0. The summed E-state index contributed by atoms with van der Waals surface area (Å²) in [6.45, 7) is 0. The molecule has 9 aromatic rings. The van der Waals surface area contributed by atoms with E-state index in [0.29, 0.717) is 0 Å². The molecule has 1 atom stereocenters. The van der Waals surface area contributed by atoms with E-state index in [4.69, 9.17) is 0 Å². The first-order chi connectivity index (χ1) is 29.3. The molecule has 11 rings (SSSR count). The summed E-state index contributed by atoms with van der Waals surface area (Å²) in [6.07, 6.45) is 1.99. The second-order valence-electron chi connectivity index (χ2n) is 15.9. The normalized spacial score (nSPS) is 13.3. The lowest BCUT2D eigenvalue weighted by Crippen LogP contribution is -2.25. The van der Waals surface area contributed by atoms with Crippen LogP contribution in [0.25, 0.3) is 33.4 Å². The number of hydrogen-bond acceptors (Lipinski definition) is 1. The summed E-state index contributed by atoms with van der Waals surface area (Å²) < 4.78 is 0. The molecule has 0 aromatic heterocycles. The first-order valence-corrected chi connectivity index (χ1v) is 20.9. The molecule has 0 radical (unpaired) electrons. The first-order valence-electron chi connectivity index (χ1n) is 20.9. The highest BCUT2D eigenvalue weighted by molar-refractivity contribution is 5.99. The molecule has 0 saturated carbocycles. The molecular weight excluding hydrogens is 711 g/mol. The molecule has 0 N–H and O–H groups in total. The van der Waals surface area contributed by atoms with Crippen molar-refractivity contribution in [1.82, 2.24) is 0 Å². The van der Waals surface area contributed by atoms with Crippen molar-refractivity contribution in [3.05, 3.63) is 269 Å². The number of nitrogens with zero attached hydrogens (tertiary/aromatic N) is 1. The van der Waals surface area contributed by atoms with E-state index in [2.05, 4.69) is 235 Å². The molecule has 1 spiro atoms. The molecule has 59 heavy (non-hydrogen) atoms. The average Bonchev–Trinajstić information content (AvgIpc) is 3.79. The second kappa shape index (κ2) is 14.6. The maximum atomic E-state index is 2.38. The molecule has 2 aliphatic carbocycles. The largest absolute Gasteiger partial charge is 0.311 e. The van der Waals surface area contributed by atoms with E-state index in [0.717, 1.165) is 29.9 Å². The van der Waals surface area contributed by atoms with Crippen molar-refractivity contribution in [3.8, 4) is 33.4 Å². The average molecular weight is 754 g/mol. The molecule has 1 unspecified atom stereocenters. The number of benzene rings is 9. The Kier molecular flexibility index (Phi) is 8.67. The van der Waals surface area contributed by atoms with Crippen molar-refractivity contribution >= 4 is 17.1 Å². The van der Waals surface area contributed by atoms with Gasteiger partial charge in [-0.1, -0.05) is 194 Å². The molecule has 0 fully saturated rings. The van der Waals surface area contributed by atoms with E-state index in [-0.39, 0.29) is 11.3 Å². The highest BCUT2D eigenvalue weighted by Gasteiger charge is 2.51. The predicted octanol–water partition coefficient (Wildman–Crippen LogP) is 14.9. The Morgan fingerprint density at radius 2 is 0.780 bits per heavy atom. The summed E-state index contributed by atoms with van der Waals surface area (Å²) in [4.78, 5) is 2.32. The van der Waals surface area contributed by atoms with Crippen molar-refractivity contribution in [2.24, 2.45) is 0 Å². The van der Waals surface area contributed by atoms with Crippen LogP contribution in [-0.2, 0) is 11.8 Å². The van der Waals surface area contributed by atoms with Gasteiger partial charge in [0.15, 0.2) is 0 Å². The van der Waals surface area contributed by atoms with Crippen LogP contribution < -0.4 is 4.90 Å². The van der Waals surface area contributed by atoms with Crippen LogP contribution >= 0.6 is 0 Å². The number of aryl methyl sites for hydroxylation is 1. The van der Waals surface area contributed by atoms with Crippen LogP contribution in [-0.4, -0.2) is 0 Å². The van der Waals surface area contributed by atoms with E-state index >= 15 is 0 Å². The Bertz CT molecular complexity index is 2830. The lowest BCUT2D eigenvalue weighted by Gasteiger charge is -2.30. The monoisotopic (exact) mass is 753 g/mol. The molecule has 0 heterocycles. The Hall–Kier alpha value is -7.22. The Balaban J connectivity index is 0.927. The summed E-state index contributed by atoms with van der Waals surface area (Å²) in [6, 6.07) is 85.1. The minimum Gasteiger partial charge on any atom is -0.311 e. The lowest BCUT2D eigenvalue weighted by molar-refractivity contribution is 0.715. The van der Waals surface area contributed by atoms with Crippen LogP contribution in [0, 0.1) is 0 Å². The molecule has 0 amide bonds. The molecule has 2 aliphatic rings. The van der Waals surface area contributed by atoms with E-state index in [1.54, 1.807) is 0 Å². The van der Waals surface area contributed by atoms with Crippen LogP contribution in [0.2, 0.25) is 0 Å². The maximum Gasteiger partial charge on any atom is 0.0725 e. The van der Waals surface area contributed by atoms with Crippen LogP contribution in [0.3, 0.4) is 0 Å². The number of anilines is 3. The zero-order valence-corrected chi connectivity index (χ0v) is 32.9. The third-order valence-corrected chi connectivity index (χ3v) is 12.8. The van der Waals surface area contributed by atoms with Crippen molar-refractivity contribution in [2.75, 3.05) is 4.90 Å². The van der Waals surface area contributed by atoms with Crippen molar-refractivity contribution < 1.29 is 0 Å². The Morgan fingerprint density at radius 3 is 1.37 bits per heavy atom. The topological polar surface area (TPSA) is 3.24 Å². The summed E-state index contributed by atoms with van der Waals surface area (Å²) in [5.41, 5.74) is 20.6. The van der Waals surface area contributed by atoms with Gasteiger partial charge in [0.2, 0.25) is 0 Å². The quantitative estimate of drug-likeness (QED) is 0.142. The van der Waals surface area contributed by atoms with Gasteiger partial charge >= 0.3 is 0 Å². The molecule has 0 aliphatic heterocycles. The van der Waals surface area contributed by atoms with E-state index in [1.165, 1.54) is 72.3 Å². The smallest absolute Gasteiger partial charge is 0.0725 e. The van der Waals surface area contributed by atoms with Crippen molar-refractivity contribution in [2.45, 2.75) is 24.2 Å². The fourth-order valence-corrected chi connectivity index (χ4v) is 10.2. The van der Waals surface area contributed by atoms with Gasteiger partial charge in [0.1, 0.15) is 0 Å². The predicted molar refractivity (Wildman–Crippen MR) is 246 cm³/mol. The van der Waals surface area contributed by atoms with Gasteiger partial charge in [0.25, 0.3) is 0 Å². The van der Waals surface area contributed by atoms with Crippen molar-refractivity contribution in [3.63, 3.8) is 0 Å². The molecule has 0 saturated heterocycles. The summed E-state index contributed by atoms with van der Waals surface area (Å²) >= 11 is 0. The summed E-state index contributed by atoms with van der Waals surface area (Å²) in [5.74, 6) is 0.270. The zero-order chi connectivity index (χ0) is 39.2. The van der Waals surface area contributed by atoms with Gasteiger partial charge in [-0.3, -0.25) is 0 Å². The first kappa shape index (κ1) is 35.0. The molecule has 280 valence electrons. The third-order valence-electron chi connectivity index (χ3n) is 12.8. The van der Waals surface area contributed by atoms with Gasteiger partial charge in [-0.2, -0.15) is 0 Å². The van der Waals surface area contributed by atoms with Crippen LogP contribution in [0.15, 0.2) is 231 Å². The van der Waals surface area contributed by atoms with E-state index < -0.39 is 0 Å². The molecule has 1 nitrogen and oxygen atoms in total. The minimum absolute atomic E-state index is 0.270. The van der Waals surface area contributed by atoms with Gasteiger partial charge in [-0.25, -0.2) is 0 Å². The van der Waals surface area contributed by atoms with Gasteiger partial charge < -0.3 is 4.90 Å². The fraction of sp³-hybridized carbons (Fsp3) is 0.0690. The molecule has 0 bridgehead atoms. The number of rotatable bonds is 9. The third kappa shape index (κ3) is 5.76. The van der Waals surface area contributed by atoms with Gasteiger partial charge in [-0.15, -0.1) is 0 Å². The summed E-state index contributed by atoms with van der Waals surface area (Å²) in [5, 5.41) is 0. The van der Waals surface area contributed by atoms with Crippen molar-refractivity contribution in [1.29, 1.82) is 0 Å². The summed E-state index contributed by atoms with van der Waals surface area (Å²) in [7, 11) is 0. The molecule has 1 heteroatoms. The van der Waals surface area contributed by atoms with Crippen LogP contribution in [0.1, 0.15) is 51.3 Å². The standard InChI is InChI=1S/C58H43N/c1-4-17-42(18-5-1)48(40-33-41-31-38-47(39-32-41)59(45-19-6-2-7-20-45)46-21-8-3-9-22-46)43-34-36-44(37-35-43)49-26-16-30-56-57(49)52-25-12-15-29-55(52)58(56)53-27-13-10-23-50(53)51-24-11-14-28-54(51)58/h1-32,34-39,48H,33,40H2. The van der Waals surface area contributed by atoms with Gasteiger partial charge in [0, 0.05) is 23.0 Å². The highest BCUT2D eigenvalue weighted by atomic mass is 15.1. The van der Waals surface area contributed by atoms with Gasteiger partial charge in [0.05, 0.1) is 5.41 Å². The van der Waals surface area contributed by atoms with E-state index in [9.17, 15) is 0 Å². The molecular formula is C58H43N. The number of fused-ring (bicyclic) bond motifs is 10. The van der Waals surface area contributed by atoms with Gasteiger partial charge in [-0.05, 0) is 122 Å². The second-order valence-corrected chi connectivity index (χ2v) is 15.9. The Morgan fingerprint density at radius 1 is 0.339 bits per heavy atom. The van der Waals surface area contributed by atoms with Crippen LogP contribution in [0.5, 0.6) is 0 Å². The lowest BCUT2D eigenvalue weighted by atomic mass is 9.70. The zero-order valence-electron chi connectivity index (χ0n) is 32.9. The van der Waals surface area contributed by atoms with Crippen LogP contribution in [0.4, 0.5) is 17.1 Å². The molecule has 9 aromatic carbocycles.